The molecule has 1 aromatic carbocycles. The first-order valence-electron chi connectivity index (χ1n) is 8.29. The van der Waals surface area contributed by atoms with Gasteiger partial charge in [-0.15, -0.1) is 0 Å². The lowest BCUT2D eigenvalue weighted by Gasteiger charge is -2.12. The molecule has 0 saturated carbocycles. The van der Waals surface area contributed by atoms with Gasteiger partial charge in [-0.05, 0) is 25.1 Å². The van der Waals surface area contributed by atoms with E-state index in [2.05, 4.69) is 20.1 Å². The van der Waals surface area contributed by atoms with Crippen molar-refractivity contribution in [3.63, 3.8) is 0 Å². The van der Waals surface area contributed by atoms with E-state index in [4.69, 9.17) is 4.74 Å². The number of benzene rings is 1. The summed E-state index contributed by atoms with van der Waals surface area (Å²) in [7, 11) is 3.13. The maximum absolute atomic E-state index is 12.7. The molecule has 2 aromatic heterocycles. The Morgan fingerprint density at radius 1 is 1.36 bits per heavy atom. The lowest BCUT2D eigenvalue weighted by atomic mass is 10.1. The molecular weight excluding hydrogens is 370 g/mol. The van der Waals surface area contributed by atoms with Crippen LogP contribution >= 0.6 is 0 Å². The number of anilines is 1. The maximum atomic E-state index is 12.7. The van der Waals surface area contributed by atoms with Crippen LogP contribution in [0.25, 0.3) is 17.1 Å². The molecule has 146 valence electrons. The van der Waals surface area contributed by atoms with Crippen LogP contribution in [0.2, 0.25) is 0 Å². The van der Waals surface area contributed by atoms with E-state index >= 15 is 0 Å². The number of aryl methyl sites for hydroxylation is 2. The van der Waals surface area contributed by atoms with Crippen LogP contribution in [0.1, 0.15) is 11.3 Å². The summed E-state index contributed by atoms with van der Waals surface area (Å²) < 4.78 is 36.6. The Kier molecular flexibility index (Phi) is 5.53. The Morgan fingerprint density at radius 2 is 2.14 bits per heavy atom. The Bertz CT molecular complexity index is 1050. The molecule has 1 N–H and O–H groups in total. The van der Waals surface area contributed by atoms with Crippen LogP contribution in [-0.4, -0.2) is 34.4 Å². The van der Waals surface area contributed by atoms with Crippen LogP contribution in [-0.2, 0) is 11.8 Å². The minimum absolute atomic E-state index is 0.141. The van der Waals surface area contributed by atoms with Crippen molar-refractivity contribution in [3.05, 3.63) is 47.8 Å². The second-order valence-corrected chi connectivity index (χ2v) is 5.88. The van der Waals surface area contributed by atoms with Gasteiger partial charge in [0.1, 0.15) is 0 Å². The van der Waals surface area contributed by atoms with Crippen molar-refractivity contribution in [2.75, 3.05) is 12.4 Å². The van der Waals surface area contributed by atoms with E-state index in [9.17, 15) is 13.6 Å². The first-order chi connectivity index (χ1) is 13.4. The second-order valence-electron chi connectivity index (χ2n) is 5.88. The number of aromatic nitrogens is 3. The van der Waals surface area contributed by atoms with Gasteiger partial charge in [0.2, 0.25) is 5.91 Å². The Labute approximate surface area is 159 Å². The van der Waals surface area contributed by atoms with Crippen molar-refractivity contribution in [2.24, 2.45) is 7.05 Å². The highest BCUT2D eigenvalue weighted by molar-refractivity contribution is 6.03. The number of ether oxygens (including phenoxy) is 2. The van der Waals surface area contributed by atoms with Gasteiger partial charge in [0.05, 0.1) is 24.7 Å². The Balaban J connectivity index is 1.80. The number of pyridine rings is 1. The average molecular weight is 388 g/mol. The highest BCUT2D eigenvalue weighted by atomic mass is 19.3. The lowest BCUT2D eigenvalue weighted by Crippen LogP contribution is -2.08. The zero-order valence-corrected chi connectivity index (χ0v) is 15.4. The maximum Gasteiger partial charge on any atom is 0.387 e. The first kappa shape index (κ1) is 19.3. The van der Waals surface area contributed by atoms with Gasteiger partial charge < -0.3 is 14.8 Å². The van der Waals surface area contributed by atoms with E-state index in [1.54, 1.807) is 23.9 Å². The van der Waals surface area contributed by atoms with Crippen molar-refractivity contribution in [1.82, 2.24) is 14.8 Å². The fourth-order valence-electron chi connectivity index (χ4n) is 2.77. The number of halogens is 2. The zero-order valence-electron chi connectivity index (χ0n) is 15.4. The molecule has 2 heterocycles. The van der Waals surface area contributed by atoms with Crippen LogP contribution < -0.4 is 14.8 Å². The standard InChI is InChI=1S/C19H18F2N4O3/c1-11-14-9-13(10-22-18(14)25(2)24-11)23-16(26)8-7-12-5-4-6-15(27-3)17(12)28-19(20)21/h4-10,19H,1-3H3,(H,23,26)/b8-7+. The predicted octanol–water partition coefficient (Wildman–Crippen LogP) is 3.54. The van der Waals surface area contributed by atoms with Gasteiger partial charge in [-0.2, -0.15) is 13.9 Å². The number of para-hydroxylation sites is 1. The molecule has 28 heavy (non-hydrogen) atoms. The summed E-state index contributed by atoms with van der Waals surface area (Å²) in [5.41, 5.74) is 2.28. The number of hydrogen-bond donors (Lipinski definition) is 1. The molecule has 0 aliphatic rings. The van der Waals surface area contributed by atoms with Crippen LogP contribution in [0.5, 0.6) is 11.5 Å². The number of carbonyl (C=O) groups is 1. The second kappa shape index (κ2) is 8.03. The molecule has 3 rings (SSSR count). The van der Waals surface area contributed by atoms with E-state index in [0.29, 0.717) is 11.3 Å². The van der Waals surface area contributed by atoms with E-state index in [1.807, 2.05) is 6.92 Å². The number of fused-ring (bicyclic) bond motifs is 1. The third kappa shape index (κ3) is 4.08. The Hall–Kier alpha value is -3.49. The molecule has 3 aromatic rings. The van der Waals surface area contributed by atoms with Crippen LogP contribution in [0.4, 0.5) is 14.5 Å². The van der Waals surface area contributed by atoms with E-state index in [1.165, 1.54) is 37.6 Å². The number of nitrogens with zero attached hydrogens (tertiary/aromatic N) is 3. The molecule has 1 amide bonds. The normalized spacial score (nSPS) is 11.4. The summed E-state index contributed by atoms with van der Waals surface area (Å²) >= 11 is 0. The number of amides is 1. The smallest absolute Gasteiger partial charge is 0.387 e. The third-order valence-electron chi connectivity index (χ3n) is 3.98. The van der Waals surface area contributed by atoms with Crippen molar-refractivity contribution < 1.29 is 23.0 Å². The summed E-state index contributed by atoms with van der Waals surface area (Å²) in [5.74, 6) is -0.448. The van der Waals surface area contributed by atoms with Gasteiger partial charge >= 0.3 is 6.61 Å². The van der Waals surface area contributed by atoms with Crippen molar-refractivity contribution >= 4 is 28.7 Å². The fraction of sp³-hybridized carbons (Fsp3) is 0.211. The van der Waals surface area contributed by atoms with Gasteiger partial charge in [-0.1, -0.05) is 12.1 Å². The van der Waals surface area contributed by atoms with Crippen LogP contribution in [0.15, 0.2) is 36.5 Å². The SMILES string of the molecule is COc1cccc(/C=C/C(=O)Nc2cnc3c(c2)c(C)nn3C)c1OC(F)F. The summed E-state index contributed by atoms with van der Waals surface area (Å²) in [6.45, 7) is -1.17. The molecule has 0 atom stereocenters. The van der Waals surface area contributed by atoms with Crippen LogP contribution in [0, 0.1) is 6.92 Å². The molecule has 0 saturated heterocycles. The van der Waals surface area contributed by atoms with Gasteiger partial charge in [-0.25, -0.2) is 4.98 Å². The number of rotatable bonds is 6. The van der Waals surface area contributed by atoms with E-state index < -0.39 is 12.5 Å². The summed E-state index contributed by atoms with van der Waals surface area (Å²) in [5, 5.41) is 7.78. The number of carbonyl (C=O) groups excluding carboxylic acids is 1. The van der Waals surface area contributed by atoms with Gasteiger partial charge in [0, 0.05) is 24.1 Å². The summed E-state index contributed by atoms with van der Waals surface area (Å²) in [4.78, 5) is 16.5. The van der Waals surface area contributed by atoms with Crippen molar-refractivity contribution in [2.45, 2.75) is 13.5 Å². The monoisotopic (exact) mass is 388 g/mol. The fourth-order valence-corrected chi connectivity index (χ4v) is 2.77. The minimum atomic E-state index is -3.02. The molecule has 0 bridgehead atoms. The quantitative estimate of drug-likeness (QED) is 0.654. The predicted molar refractivity (Wildman–Crippen MR) is 101 cm³/mol. The molecule has 0 fully saturated rings. The molecule has 9 heteroatoms. The topological polar surface area (TPSA) is 78.3 Å². The van der Waals surface area contributed by atoms with E-state index in [0.717, 1.165) is 11.1 Å². The highest BCUT2D eigenvalue weighted by Gasteiger charge is 2.14. The molecule has 0 aliphatic carbocycles. The lowest BCUT2D eigenvalue weighted by molar-refractivity contribution is -0.111. The largest absolute Gasteiger partial charge is 0.493 e. The van der Waals surface area contributed by atoms with Gasteiger partial charge in [-0.3, -0.25) is 9.48 Å². The van der Waals surface area contributed by atoms with Gasteiger partial charge in [0.25, 0.3) is 0 Å². The highest BCUT2D eigenvalue weighted by Crippen LogP contribution is 2.33. The van der Waals surface area contributed by atoms with Gasteiger partial charge in [0.15, 0.2) is 17.1 Å². The van der Waals surface area contributed by atoms with Crippen molar-refractivity contribution in [1.29, 1.82) is 0 Å². The molecule has 7 nitrogen and oxygen atoms in total. The summed E-state index contributed by atoms with van der Waals surface area (Å²) in [6, 6.07) is 6.41. The molecule has 0 unspecified atom stereocenters. The Morgan fingerprint density at radius 3 is 2.86 bits per heavy atom. The molecular formula is C19H18F2N4O3. The van der Waals surface area contributed by atoms with E-state index in [-0.39, 0.29) is 17.1 Å². The average Bonchev–Trinajstić information content (AvgIpc) is 2.94. The number of methoxy groups -OCH3 is 1. The summed E-state index contributed by atoms with van der Waals surface area (Å²) in [6.07, 6.45) is 4.11. The number of alkyl halides is 2. The molecule has 0 spiro atoms. The minimum Gasteiger partial charge on any atom is -0.493 e. The third-order valence-corrected chi connectivity index (χ3v) is 3.98. The van der Waals surface area contributed by atoms with Crippen molar-refractivity contribution in [3.8, 4) is 11.5 Å². The first-order valence-corrected chi connectivity index (χ1v) is 8.29. The molecule has 0 aliphatic heterocycles. The van der Waals surface area contributed by atoms with Crippen LogP contribution in [0.3, 0.4) is 0 Å². The zero-order chi connectivity index (χ0) is 20.3. The number of hydrogen-bond acceptors (Lipinski definition) is 5. The molecule has 0 radical (unpaired) electrons. The number of nitrogens with one attached hydrogen (secondary N) is 1.